The third kappa shape index (κ3) is 2.36. The van der Waals surface area contributed by atoms with Gasteiger partial charge in [-0.2, -0.15) is 13.2 Å². The van der Waals surface area contributed by atoms with Crippen molar-refractivity contribution in [2.75, 3.05) is 0 Å². The van der Waals surface area contributed by atoms with Gasteiger partial charge in [-0.15, -0.1) is 10.2 Å². The van der Waals surface area contributed by atoms with Crippen LogP contribution in [0.15, 0.2) is 46.6 Å². The molecule has 2 aliphatic rings. The second-order valence-electron chi connectivity index (χ2n) is 6.12. The van der Waals surface area contributed by atoms with Crippen LogP contribution in [0.2, 0.25) is 0 Å². The van der Waals surface area contributed by atoms with E-state index in [0.717, 1.165) is 11.0 Å². The number of fused-ring (bicyclic) bond motifs is 1. The molecule has 0 fully saturated rings. The number of halogens is 3. The normalized spacial score (nSPS) is 17.4. The van der Waals surface area contributed by atoms with E-state index in [1.807, 2.05) is 0 Å². The maximum absolute atomic E-state index is 13.1. The SMILES string of the molecule is O=C1c2ccc(O)c(O)c2C(=O)N1Cc1cccc(C2(C(F)(F)F)N=N2)c1. The van der Waals surface area contributed by atoms with E-state index in [-0.39, 0.29) is 28.8 Å². The quantitative estimate of drug-likeness (QED) is 0.634. The Hall–Kier alpha value is -3.43. The molecule has 7 nitrogen and oxygen atoms in total. The molecule has 138 valence electrons. The molecule has 4 rings (SSSR count). The van der Waals surface area contributed by atoms with Crippen molar-refractivity contribution in [2.45, 2.75) is 18.4 Å². The van der Waals surface area contributed by atoms with Crippen LogP contribution in [0.25, 0.3) is 0 Å². The van der Waals surface area contributed by atoms with Crippen LogP contribution in [-0.2, 0) is 12.2 Å². The summed E-state index contributed by atoms with van der Waals surface area (Å²) in [6.45, 7) is -0.311. The number of amides is 2. The average Bonchev–Trinajstić information content (AvgIpc) is 3.39. The topological polar surface area (TPSA) is 103 Å². The molecule has 10 heteroatoms. The van der Waals surface area contributed by atoms with Crippen molar-refractivity contribution in [3.05, 3.63) is 58.7 Å². The third-order valence-corrected chi connectivity index (χ3v) is 4.46. The maximum atomic E-state index is 13.1. The first-order valence-electron chi connectivity index (χ1n) is 7.67. The van der Waals surface area contributed by atoms with E-state index in [1.54, 1.807) is 0 Å². The van der Waals surface area contributed by atoms with Gasteiger partial charge in [0.1, 0.15) is 0 Å². The highest BCUT2D eigenvalue weighted by Crippen LogP contribution is 2.52. The molecular formula is C17H10F3N3O4. The zero-order valence-corrected chi connectivity index (χ0v) is 13.4. The Morgan fingerprint density at radius 2 is 1.74 bits per heavy atom. The Bertz CT molecular complexity index is 1030. The number of imide groups is 1. The van der Waals surface area contributed by atoms with E-state index < -0.39 is 35.2 Å². The number of phenolic OH excluding ortho intramolecular Hbond substituents is 2. The van der Waals surface area contributed by atoms with Crippen molar-refractivity contribution in [2.24, 2.45) is 10.2 Å². The number of carbonyl (C=O) groups is 2. The van der Waals surface area contributed by atoms with Gasteiger partial charge in [-0.1, -0.05) is 18.2 Å². The molecule has 0 aromatic heterocycles. The Balaban J connectivity index is 1.65. The zero-order chi connectivity index (χ0) is 19.6. The largest absolute Gasteiger partial charge is 0.504 e. The van der Waals surface area contributed by atoms with Crippen molar-refractivity contribution < 1.29 is 33.0 Å². The summed E-state index contributed by atoms with van der Waals surface area (Å²) in [6, 6.07) is 7.46. The fourth-order valence-electron chi connectivity index (χ4n) is 3.00. The number of hydrogen-bond donors (Lipinski definition) is 2. The predicted molar refractivity (Wildman–Crippen MR) is 83.0 cm³/mol. The molecule has 2 aliphatic heterocycles. The molecular weight excluding hydrogens is 367 g/mol. The van der Waals surface area contributed by atoms with E-state index in [9.17, 15) is 33.0 Å². The molecule has 0 saturated carbocycles. The molecule has 0 saturated heterocycles. The lowest BCUT2D eigenvalue weighted by atomic mass is 10.0. The standard InChI is InChI=1S/C17H10F3N3O4/c18-17(19,20)16(21-22-16)9-3-1-2-8(6-9)7-23-14(26)10-4-5-11(24)13(25)12(10)15(23)27/h1-6,24-25H,7H2. The first kappa shape index (κ1) is 17.0. The van der Waals surface area contributed by atoms with Gasteiger partial charge in [0.25, 0.3) is 11.8 Å². The molecule has 0 unspecified atom stereocenters. The van der Waals surface area contributed by atoms with Gasteiger partial charge < -0.3 is 10.2 Å². The van der Waals surface area contributed by atoms with Crippen molar-refractivity contribution >= 4 is 11.8 Å². The van der Waals surface area contributed by atoms with Gasteiger partial charge in [-0.3, -0.25) is 14.5 Å². The summed E-state index contributed by atoms with van der Waals surface area (Å²) in [6.07, 6.45) is -4.69. The van der Waals surface area contributed by atoms with Crippen LogP contribution < -0.4 is 0 Å². The lowest BCUT2D eigenvalue weighted by Crippen LogP contribution is -2.31. The first-order chi connectivity index (χ1) is 12.7. The molecule has 0 radical (unpaired) electrons. The van der Waals surface area contributed by atoms with Crippen LogP contribution in [0, 0.1) is 0 Å². The van der Waals surface area contributed by atoms with Gasteiger partial charge in [0.05, 0.1) is 17.7 Å². The molecule has 0 spiro atoms. The van der Waals surface area contributed by atoms with Crippen molar-refractivity contribution in [1.82, 2.24) is 4.90 Å². The van der Waals surface area contributed by atoms with Crippen LogP contribution in [-0.4, -0.2) is 33.1 Å². The van der Waals surface area contributed by atoms with Crippen LogP contribution >= 0.6 is 0 Å². The fourth-order valence-corrected chi connectivity index (χ4v) is 3.00. The van der Waals surface area contributed by atoms with Crippen LogP contribution in [0.3, 0.4) is 0 Å². The van der Waals surface area contributed by atoms with E-state index in [1.165, 1.54) is 30.3 Å². The Morgan fingerprint density at radius 3 is 2.37 bits per heavy atom. The highest BCUT2D eigenvalue weighted by Gasteiger charge is 2.65. The zero-order valence-electron chi connectivity index (χ0n) is 13.4. The van der Waals surface area contributed by atoms with Gasteiger partial charge in [-0.05, 0) is 23.8 Å². The van der Waals surface area contributed by atoms with Gasteiger partial charge >= 0.3 is 11.8 Å². The third-order valence-electron chi connectivity index (χ3n) is 4.46. The van der Waals surface area contributed by atoms with E-state index in [2.05, 4.69) is 10.2 Å². The highest BCUT2D eigenvalue weighted by molar-refractivity contribution is 6.22. The molecule has 27 heavy (non-hydrogen) atoms. The van der Waals surface area contributed by atoms with Crippen molar-refractivity contribution in [1.29, 1.82) is 0 Å². The minimum absolute atomic E-state index is 0.0922. The number of carbonyl (C=O) groups excluding carboxylic acids is 2. The highest BCUT2D eigenvalue weighted by atomic mass is 19.4. The van der Waals surface area contributed by atoms with Crippen LogP contribution in [0.1, 0.15) is 31.8 Å². The molecule has 0 atom stereocenters. The summed E-state index contributed by atoms with van der Waals surface area (Å²) < 4.78 is 39.4. The van der Waals surface area contributed by atoms with E-state index in [4.69, 9.17) is 0 Å². The molecule has 0 bridgehead atoms. The molecule has 2 amide bonds. The van der Waals surface area contributed by atoms with Crippen molar-refractivity contribution in [3.8, 4) is 11.5 Å². The van der Waals surface area contributed by atoms with Crippen LogP contribution in [0.5, 0.6) is 11.5 Å². The number of nitrogens with zero attached hydrogens (tertiary/aromatic N) is 3. The maximum Gasteiger partial charge on any atom is 0.442 e. The number of alkyl halides is 3. The smallest absolute Gasteiger partial charge is 0.442 e. The first-order valence-corrected chi connectivity index (χ1v) is 7.67. The van der Waals surface area contributed by atoms with E-state index >= 15 is 0 Å². The summed E-state index contributed by atoms with van der Waals surface area (Å²) in [7, 11) is 0. The van der Waals surface area contributed by atoms with Gasteiger partial charge in [0, 0.05) is 5.56 Å². The summed E-state index contributed by atoms with van der Waals surface area (Å²) in [5.41, 5.74) is -2.99. The Kier molecular flexibility index (Phi) is 3.33. The fraction of sp³-hybridized carbons (Fsp3) is 0.176. The summed E-state index contributed by atoms with van der Waals surface area (Å²) in [4.78, 5) is 25.7. The minimum Gasteiger partial charge on any atom is -0.504 e. The molecule has 0 aliphatic carbocycles. The Labute approximate surface area is 149 Å². The minimum atomic E-state index is -4.69. The average molecular weight is 377 g/mol. The Morgan fingerprint density at radius 1 is 1.04 bits per heavy atom. The van der Waals surface area contributed by atoms with Gasteiger partial charge in [0.15, 0.2) is 11.5 Å². The molecule has 2 N–H and O–H groups in total. The van der Waals surface area contributed by atoms with Crippen molar-refractivity contribution in [3.63, 3.8) is 0 Å². The second-order valence-corrected chi connectivity index (χ2v) is 6.12. The number of benzene rings is 2. The number of aromatic hydroxyl groups is 2. The van der Waals surface area contributed by atoms with E-state index in [0.29, 0.717) is 0 Å². The predicted octanol–water partition coefficient (Wildman–Crippen LogP) is 3.07. The van der Waals surface area contributed by atoms with Gasteiger partial charge in [-0.25, -0.2) is 0 Å². The summed E-state index contributed by atoms with van der Waals surface area (Å²) in [5.74, 6) is -2.83. The molecule has 2 aromatic carbocycles. The van der Waals surface area contributed by atoms with Crippen LogP contribution in [0.4, 0.5) is 13.2 Å². The lowest BCUT2D eigenvalue weighted by molar-refractivity contribution is -0.166. The molecule has 2 aromatic rings. The number of phenols is 2. The number of rotatable bonds is 3. The summed E-state index contributed by atoms with van der Waals surface area (Å²) >= 11 is 0. The summed E-state index contributed by atoms with van der Waals surface area (Å²) in [5, 5.41) is 25.6. The number of hydrogen-bond acceptors (Lipinski definition) is 6. The monoisotopic (exact) mass is 377 g/mol. The second kappa shape index (κ2) is 5.29. The van der Waals surface area contributed by atoms with Gasteiger partial charge in [0.2, 0.25) is 0 Å². The molecule has 2 heterocycles. The lowest BCUT2D eigenvalue weighted by Gasteiger charge is -2.17.